The van der Waals surface area contributed by atoms with Gasteiger partial charge in [0, 0.05) is 11.6 Å². The molecule has 24 heavy (non-hydrogen) atoms. The third-order valence-corrected chi connectivity index (χ3v) is 3.47. The van der Waals surface area contributed by atoms with Gasteiger partial charge in [-0.25, -0.2) is 4.99 Å². The summed E-state index contributed by atoms with van der Waals surface area (Å²) in [4.78, 5) is 16.5. The molecule has 0 aliphatic carbocycles. The molecule has 126 valence electrons. The van der Waals surface area contributed by atoms with Gasteiger partial charge in [-0.05, 0) is 36.4 Å². The van der Waals surface area contributed by atoms with Gasteiger partial charge in [0.05, 0.1) is 31.5 Å². The molecule has 0 aliphatic heterocycles. The quantitative estimate of drug-likeness (QED) is 0.477. The molecule has 0 saturated carbocycles. The van der Waals surface area contributed by atoms with Crippen LogP contribution in [0.15, 0.2) is 47.5 Å². The molecule has 7 heteroatoms. The maximum absolute atomic E-state index is 12.3. The minimum atomic E-state index is -0.257. The number of hydrogen-bond donors (Lipinski definition) is 2. The molecule has 0 aromatic heterocycles. The van der Waals surface area contributed by atoms with Crippen molar-refractivity contribution in [2.45, 2.75) is 0 Å². The number of amidine groups is 1. The Morgan fingerprint density at radius 2 is 1.88 bits per heavy atom. The number of benzene rings is 2. The number of halogens is 1. The summed E-state index contributed by atoms with van der Waals surface area (Å²) >= 11 is 5.61. The van der Waals surface area contributed by atoms with Crippen LogP contribution in [0.1, 0.15) is 10.4 Å². The molecule has 0 spiro atoms. The van der Waals surface area contributed by atoms with Crippen molar-refractivity contribution in [3.63, 3.8) is 0 Å². The number of methoxy groups -OCH3 is 2. The second-order valence-corrected chi connectivity index (χ2v) is 5.07. The third-order valence-electron chi connectivity index (χ3n) is 3.20. The Kier molecular flexibility index (Phi) is 6.03. The van der Waals surface area contributed by atoms with Crippen LogP contribution in [-0.2, 0) is 0 Å². The van der Waals surface area contributed by atoms with Gasteiger partial charge in [-0.15, -0.1) is 11.6 Å². The summed E-state index contributed by atoms with van der Waals surface area (Å²) in [5.41, 5.74) is 7.24. The lowest BCUT2D eigenvalue weighted by Gasteiger charge is -2.11. The van der Waals surface area contributed by atoms with E-state index in [0.717, 1.165) is 0 Å². The van der Waals surface area contributed by atoms with Crippen LogP contribution < -0.4 is 20.5 Å². The standard InChI is InChI=1S/C17H18ClN3O3/c1-23-13-6-3-11(4-7-13)17(22)21-14-8-5-12(9-15(14)24-2)20-16(19)10-18/h3-9H,10H2,1-2H3,(H2,19,20)(H,21,22). The summed E-state index contributed by atoms with van der Waals surface area (Å²) < 4.78 is 10.4. The van der Waals surface area contributed by atoms with Crippen molar-refractivity contribution in [3.05, 3.63) is 48.0 Å². The molecular formula is C17H18ClN3O3. The molecule has 2 aromatic carbocycles. The van der Waals surface area contributed by atoms with Crippen LogP contribution in [0.4, 0.5) is 11.4 Å². The number of rotatable bonds is 6. The van der Waals surface area contributed by atoms with E-state index in [0.29, 0.717) is 34.3 Å². The first-order chi connectivity index (χ1) is 11.6. The van der Waals surface area contributed by atoms with Gasteiger partial charge in [-0.3, -0.25) is 4.79 Å². The Bertz CT molecular complexity index is 745. The highest BCUT2D eigenvalue weighted by Gasteiger charge is 2.11. The van der Waals surface area contributed by atoms with Crippen molar-refractivity contribution in [2.75, 3.05) is 25.4 Å². The summed E-state index contributed by atoms with van der Waals surface area (Å²) in [6, 6.07) is 11.9. The number of nitrogens with two attached hydrogens (primary N) is 1. The van der Waals surface area contributed by atoms with Crippen LogP contribution in [0.2, 0.25) is 0 Å². The first-order valence-electron chi connectivity index (χ1n) is 7.09. The minimum absolute atomic E-state index is 0.137. The number of nitrogens with one attached hydrogen (secondary N) is 1. The van der Waals surface area contributed by atoms with E-state index in [4.69, 9.17) is 26.8 Å². The zero-order chi connectivity index (χ0) is 17.5. The topological polar surface area (TPSA) is 85.9 Å². The van der Waals surface area contributed by atoms with E-state index in [1.807, 2.05) is 0 Å². The van der Waals surface area contributed by atoms with Crippen LogP contribution in [0.5, 0.6) is 11.5 Å². The number of alkyl halides is 1. The summed E-state index contributed by atoms with van der Waals surface area (Å²) in [5.74, 6) is 1.34. The lowest BCUT2D eigenvalue weighted by atomic mass is 10.2. The van der Waals surface area contributed by atoms with Crippen molar-refractivity contribution in [3.8, 4) is 11.5 Å². The van der Waals surface area contributed by atoms with Crippen LogP contribution in [0, 0.1) is 0 Å². The Morgan fingerprint density at radius 3 is 2.46 bits per heavy atom. The molecule has 0 aliphatic rings. The number of nitrogens with zero attached hydrogens (tertiary/aromatic N) is 1. The average molecular weight is 348 g/mol. The van der Waals surface area contributed by atoms with E-state index in [1.165, 1.54) is 7.11 Å². The lowest BCUT2D eigenvalue weighted by Crippen LogP contribution is -2.13. The number of amides is 1. The van der Waals surface area contributed by atoms with Gasteiger partial charge in [0.2, 0.25) is 0 Å². The molecule has 2 rings (SSSR count). The first-order valence-corrected chi connectivity index (χ1v) is 7.63. The fraction of sp³-hybridized carbons (Fsp3) is 0.176. The number of ether oxygens (including phenoxy) is 2. The summed E-state index contributed by atoms with van der Waals surface area (Å²) in [6.07, 6.45) is 0. The van der Waals surface area contributed by atoms with E-state index >= 15 is 0 Å². The van der Waals surface area contributed by atoms with Crippen molar-refractivity contribution in [1.82, 2.24) is 0 Å². The van der Waals surface area contributed by atoms with Gasteiger partial charge in [-0.1, -0.05) is 0 Å². The van der Waals surface area contributed by atoms with Crippen LogP contribution in [0.25, 0.3) is 0 Å². The molecule has 0 atom stereocenters. The number of anilines is 1. The maximum atomic E-state index is 12.3. The van der Waals surface area contributed by atoms with Gasteiger partial charge < -0.3 is 20.5 Å². The molecule has 1 amide bonds. The smallest absolute Gasteiger partial charge is 0.255 e. The Balaban J connectivity index is 2.20. The van der Waals surface area contributed by atoms with E-state index in [9.17, 15) is 4.79 Å². The number of carbonyl (C=O) groups excluding carboxylic acids is 1. The van der Waals surface area contributed by atoms with Crippen molar-refractivity contribution >= 4 is 34.7 Å². The van der Waals surface area contributed by atoms with E-state index in [2.05, 4.69) is 10.3 Å². The predicted molar refractivity (Wildman–Crippen MR) is 95.9 cm³/mol. The molecule has 6 nitrogen and oxygen atoms in total. The Morgan fingerprint density at radius 1 is 1.17 bits per heavy atom. The lowest BCUT2D eigenvalue weighted by molar-refractivity contribution is 0.102. The molecule has 0 heterocycles. The van der Waals surface area contributed by atoms with Gasteiger partial charge in [0.15, 0.2) is 0 Å². The highest BCUT2D eigenvalue weighted by Crippen LogP contribution is 2.30. The Labute approximate surface area is 145 Å². The predicted octanol–water partition coefficient (Wildman–Crippen LogP) is 3.18. The number of hydrogen-bond acceptors (Lipinski definition) is 4. The highest BCUT2D eigenvalue weighted by molar-refractivity contribution is 6.28. The molecule has 0 unspecified atom stereocenters. The second-order valence-electron chi connectivity index (χ2n) is 4.80. The number of aliphatic imine (C=N–C) groups is 1. The molecule has 0 saturated heterocycles. The van der Waals surface area contributed by atoms with Gasteiger partial charge in [0.1, 0.15) is 17.3 Å². The zero-order valence-corrected chi connectivity index (χ0v) is 14.1. The Hall–Kier alpha value is -2.73. The maximum Gasteiger partial charge on any atom is 0.255 e. The fourth-order valence-electron chi connectivity index (χ4n) is 1.99. The largest absolute Gasteiger partial charge is 0.497 e. The molecule has 2 aromatic rings. The SMILES string of the molecule is COc1ccc(C(=O)Nc2ccc(N=C(N)CCl)cc2OC)cc1. The van der Waals surface area contributed by atoms with Gasteiger partial charge in [-0.2, -0.15) is 0 Å². The van der Waals surface area contributed by atoms with Crippen LogP contribution >= 0.6 is 11.6 Å². The summed E-state index contributed by atoms with van der Waals surface area (Å²) in [7, 11) is 3.08. The molecular weight excluding hydrogens is 330 g/mol. The molecule has 0 bridgehead atoms. The van der Waals surface area contributed by atoms with E-state index < -0.39 is 0 Å². The minimum Gasteiger partial charge on any atom is -0.497 e. The van der Waals surface area contributed by atoms with E-state index in [1.54, 1.807) is 49.6 Å². The normalized spacial score (nSPS) is 11.0. The first kappa shape index (κ1) is 17.6. The van der Waals surface area contributed by atoms with Crippen LogP contribution in [-0.4, -0.2) is 31.8 Å². The van der Waals surface area contributed by atoms with Gasteiger partial charge >= 0.3 is 0 Å². The van der Waals surface area contributed by atoms with Crippen molar-refractivity contribution in [1.29, 1.82) is 0 Å². The fourth-order valence-corrected chi connectivity index (χ4v) is 2.05. The average Bonchev–Trinajstić information content (AvgIpc) is 2.62. The molecule has 0 radical (unpaired) electrons. The molecule has 3 N–H and O–H groups in total. The monoisotopic (exact) mass is 347 g/mol. The highest BCUT2D eigenvalue weighted by atomic mass is 35.5. The van der Waals surface area contributed by atoms with Crippen molar-refractivity contribution < 1.29 is 14.3 Å². The summed E-state index contributed by atoms with van der Waals surface area (Å²) in [5, 5.41) is 2.80. The zero-order valence-electron chi connectivity index (χ0n) is 13.4. The van der Waals surface area contributed by atoms with Crippen molar-refractivity contribution in [2.24, 2.45) is 10.7 Å². The van der Waals surface area contributed by atoms with E-state index in [-0.39, 0.29) is 11.8 Å². The third kappa shape index (κ3) is 4.39. The van der Waals surface area contributed by atoms with Gasteiger partial charge in [0.25, 0.3) is 5.91 Å². The summed E-state index contributed by atoms with van der Waals surface area (Å²) in [6.45, 7) is 0. The molecule has 0 fully saturated rings. The second kappa shape index (κ2) is 8.21. The number of carbonyl (C=O) groups is 1. The van der Waals surface area contributed by atoms with Crippen LogP contribution in [0.3, 0.4) is 0 Å².